The Morgan fingerprint density at radius 2 is 2.00 bits per heavy atom. The zero-order valence-corrected chi connectivity index (χ0v) is 11.7. The van der Waals surface area contributed by atoms with Crippen LogP contribution in [0.25, 0.3) is 0 Å². The molecule has 1 aromatic carbocycles. The quantitative estimate of drug-likeness (QED) is 0.784. The van der Waals surface area contributed by atoms with Gasteiger partial charge in [0.15, 0.2) is 0 Å². The fraction of sp³-hybridized carbons (Fsp3) is 0.462. The molecule has 0 spiro atoms. The monoisotopic (exact) mass is 282 g/mol. The summed E-state index contributed by atoms with van der Waals surface area (Å²) in [6.07, 6.45) is 0.540. The summed E-state index contributed by atoms with van der Waals surface area (Å²) in [5.41, 5.74) is 1.13. The lowest BCUT2D eigenvalue weighted by molar-refractivity contribution is 0.162. The molecular formula is C13H18N2O3S. The van der Waals surface area contributed by atoms with E-state index in [9.17, 15) is 13.5 Å². The number of aliphatic hydroxyl groups is 1. The van der Waals surface area contributed by atoms with Gasteiger partial charge in [0.05, 0.1) is 23.5 Å². The van der Waals surface area contributed by atoms with E-state index < -0.39 is 16.1 Å². The highest BCUT2D eigenvalue weighted by Crippen LogP contribution is 2.07. The van der Waals surface area contributed by atoms with Gasteiger partial charge in [0, 0.05) is 6.54 Å². The van der Waals surface area contributed by atoms with E-state index in [1.54, 1.807) is 24.3 Å². The van der Waals surface area contributed by atoms with Crippen molar-refractivity contribution < 1.29 is 13.5 Å². The topological polar surface area (TPSA) is 90.2 Å². The largest absolute Gasteiger partial charge is 0.393 e. The van der Waals surface area contributed by atoms with Crippen molar-refractivity contribution in [3.63, 3.8) is 0 Å². The maximum absolute atomic E-state index is 11.8. The molecule has 5 nitrogen and oxygen atoms in total. The summed E-state index contributed by atoms with van der Waals surface area (Å²) in [5.74, 6) is -0.124. The number of hydrogen-bond acceptors (Lipinski definition) is 4. The third-order valence-corrected chi connectivity index (χ3v) is 4.07. The highest BCUT2D eigenvalue weighted by atomic mass is 32.2. The predicted octanol–water partition coefficient (Wildman–Crippen LogP) is 1.14. The van der Waals surface area contributed by atoms with E-state index in [4.69, 9.17) is 5.26 Å². The van der Waals surface area contributed by atoms with Crippen molar-refractivity contribution in [1.29, 1.82) is 5.26 Å². The number of benzene rings is 1. The zero-order valence-electron chi connectivity index (χ0n) is 10.8. The second-order valence-corrected chi connectivity index (χ2v) is 6.12. The number of nitrogens with one attached hydrogen (secondary N) is 1. The number of sulfonamides is 1. The summed E-state index contributed by atoms with van der Waals surface area (Å²) >= 11 is 0. The van der Waals surface area contributed by atoms with Gasteiger partial charge in [0.25, 0.3) is 0 Å². The molecule has 104 valence electrons. The summed E-state index contributed by atoms with van der Waals surface area (Å²) in [6.45, 7) is 2.07. The lowest BCUT2D eigenvalue weighted by Gasteiger charge is -2.09. The normalized spacial score (nSPS) is 12.9. The summed E-state index contributed by atoms with van der Waals surface area (Å²) in [5, 5.41) is 18.0. The van der Waals surface area contributed by atoms with Crippen LogP contribution in [0.3, 0.4) is 0 Å². The van der Waals surface area contributed by atoms with E-state index in [2.05, 4.69) is 4.72 Å². The average molecular weight is 282 g/mol. The molecule has 1 rings (SSSR count). The second-order valence-electron chi connectivity index (χ2n) is 4.31. The SMILES string of the molecule is CCC(O)CCNS(=O)(=O)Cc1ccc(C#N)cc1. The fourth-order valence-electron chi connectivity index (χ4n) is 1.53. The summed E-state index contributed by atoms with van der Waals surface area (Å²) in [4.78, 5) is 0. The van der Waals surface area contributed by atoms with Crippen molar-refractivity contribution >= 4 is 10.0 Å². The van der Waals surface area contributed by atoms with E-state index in [0.29, 0.717) is 24.0 Å². The summed E-state index contributed by atoms with van der Waals surface area (Å²) < 4.78 is 26.0. The van der Waals surface area contributed by atoms with Crippen molar-refractivity contribution in [2.45, 2.75) is 31.6 Å². The molecule has 2 N–H and O–H groups in total. The Morgan fingerprint density at radius 1 is 1.37 bits per heavy atom. The van der Waals surface area contributed by atoms with Crippen molar-refractivity contribution in [3.05, 3.63) is 35.4 Å². The molecule has 1 unspecified atom stereocenters. The van der Waals surface area contributed by atoms with Crippen LogP contribution < -0.4 is 4.72 Å². The minimum atomic E-state index is -3.40. The van der Waals surface area contributed by atoms with Gasteiger partial charge in [-0.3, -0.25) is 0 Å². The van der Waals surface area contributed by atoms with E-state index >= 15 is 0 Å². The third-order valence-electron chi connectivity index (χ3n) is 2.71. The van der Waals surface area contributed by atoms with Crippen LogP contribution >= 0.6 is 0 Å². The predicted molar refractivity (Wildman–Crippen MR) is 72.7 cm³/mol. The molecular weight excluding hydrogens is 264 g/mol. The van der Waals surface area contributed by atoms with Crippen LogP contribution in [0.1, 0.15) is 30.9 Å². The van der Waals surface area contributed by atoms with Gasteiger partial charge in [-0.05, 0) is 30.5 Å². The van der Waals surface area contributed by atoms with E-state index in [1.807, 2.05) is 13.0 Å². The third kappa shape index (κ3) is 5.83. The van der Waals surface area contributed by atoms with Crippen LogP contribution in [0.2, 0.25) is 0 Å². The number of nitriles is 1. The molecule has 1 aromatic rings. The Balaban J connectivity index is 2.52. The molecule has 19 heavy (non-hydrogen) atoms. The minimum absolute atomic E-state index is 0.124. The van der Waals surface area contributed by atoms with Crippen LogP contribution in [-0.2, 0) is 15.8 Å². The first-order valence-corrected chi connectivity index (χ1v) is 7.76. The van der Waals surface area contributed by atoms with Gasteiger partial charge in [-0.25, -0.2) is 13.1 Å². The number of aliphatic hydroxyl groups excluding tert-OH is 1. The van der Waals surface area contributed by atoms with Crippen molar-refractivity contribution in [3.8, 4) is 6.07 Å². The Labute approximate surface area is 113 Å². The molecule has 0 bridgehead atoms. The highest BCUT2D eigenvalue weighted by Gasteiger charge is 2.11. The number of rotatable bonds is 7. The lowest BCUT2D eigenvalue weighted by atomic mass is 10.2. The van der Waals surface area contributed by atoms with Gasteiger partial charge in [-0.15, -0.1) is 0 Å². The van der Waals surface area contributed by atoms with Crippen LogP contribution in [0, 0.1) is 11.3 Å². The van der Waals surface area contributed by atoms with Gasteiger partial charge in [-0.2, -0.15) is 5.26 Å². The Bertz CT molecular complexity index is 532. The van der Waals surface area contributed by atoms with Crippen LogP contribution in [0.4, 0.5) is 0 Å². The highest BCUT2D eigenvalue weighted by molar-refractivity contribution is 7.88. The second kappa shape index (κ2) is 7.24. The molecule has 0 amide bonds. The first-order chi connectivity index (χ1) is 8.96. The average Bonchev–Trinajstić information content (AvgIpc) is 2.38. The molecule has 0 fully saturated rings. The smallest absolute Gasteiger partial charge is 0.215 e. The van der Waals surface area contributed by atoms with Crippen LogP contribution in [-0.4, -0.2) is 26.2 Å². The first kappa shape index (κ1) is 15.6. The van der Waals surface area contributed by atoms with Gasteiger partial charge >= 0.3 is 0 Å². The Kier molecular flexibility index (Phi) is 5.96. The van der Waals surface area contributed by atoms with Gasteiger partial charge in [-0.1, -0.05) is 19.1 Å². The molecule has 0 radical (unpaired) electrons. The van der Waals surface area contributed by atoms with E-state index in [0.717, 1.165) is 0 Å². The van der Waals surface area contributed by atoms with Gasteiger partial charge in [0.2, 0.25) is 10.0 Å². The van der Waals surface area contributed by atoms with Crippen molar-refractivity contribution in [1.82, 2.24) is 4.72 Å². The standard InChI is InChI=1S/C13H18N2O3S/c1-2-13(16)7-8-15-19(17,18)10-12-5-3-11(9-14)4-6-12/h3-6,13,15-16H,2,7-8,10H2,1H3. The van der Waals surface area contributed by atoms with Gasteiger partial charge in [0.1, 0.15) is 0 Å². The zero-order chi connectivity index (χ0) is 14.3. The fourth-order valence-corrected chi connectivity index (χ4v) is 2.69. The van der Waals surface area contributed by atoms with Crippen molar-refractivity contribution in [2.75, 3.05) is 6.54 Å². The first-order valence-electron chi connectivity index (χ1n) is 6.11. The molecule has 1 atom stereocenters. The number of hydrogen-bond donors (Lipinski definition) is 2. The maximum Gasteiger partial charge on any atom is 0.215 e. The Hall–Kier alpha value is -1.42. The number of nitrogens with zero attached hydrogens (tertiary/aromatic N) is 1. The summed E-state index contributed by atoms with van der Waals surface area (Å²) in [6, 6.07) is 8.40. The molecule has 0 aromatic heterocycles. The Morgan fingerprint density at radius 3 is 2.53 bits per heavy atom. The lowest BCUT2D eigenvalue weighted by Crippen LogP contribution is -2.28. The molecule has 0 heterocycles. The van der Waals surface area contributed by atoms with Gasteiger partial charge < -0.3 is 5.11 Å². The van der Waals surface area contributed by atoms with Crippen molar-refractivity contribution in [2.24, 2.45) is 0 Å². The molecule has 0 aliphatic carbocycles. The maximum atomic E-state index is 11.8. The molecule has 0 saturated heterocycles. The van der Waals surface area contributed by atoms with E-state index in [-0.39, 0.29) is 12.3 Å². The minimum Gasteiger partial charge on any atom is -0.393 e. The summed E-state index contributed by atoms with van der Waals surface area (Å²) in [7, 11) is -3.40. The molecule has 0 aliphatic heterocycles. The van der Waals surface area contributed by atoms with E-state index in [1.165, 1.54) is 0 Å². The molecule has 6 heteroatoms. The van der Waals surface area contributed by atoms with Crippen LogP contribution in [0.15, 0.2) is 24.3 Å². The molecule has 0 aliphatic rings. The molecule has 0 saturated carbocycles. The van der Waals surface area contributed by atoms with Crippen LogP contribution in [0.5, 0.6) is 0 Å².